The number of amides is 1. The first-order valence-corrected chi connectivity index (χ1v) is 8.04. The molecule has 0 aliphatic heterocycles. The number of hydrogen-bond acceptors (Lipinski definition) is 4. The molecule has 0 unspecified atom stereocenters. The summed E-state index contributed by atoms with van der Waals surface area (Å²) in [5.41, 5.74) is 2.14. The number of carbonyl (C=O) groups excluding carboxylic acids is 1. The third-order valence-electron chi connectivity index (χ3n) is 3.75. The number of methoxy groups -OCH3 is 1. The number of halogens is 1. The highest BCUT2D eigenvalue weighted by Crippen LogP contribution is 2.16. The van der Waals surface area contributed by atoms with Crippen LogP contribution in [0.5, 0.6) is 5.75 Å². The Morgan fingerprint density at radius 3 is 2.50 bits per heavy atom. The summed E-state index contributed by atoms with van der Waals surface area (Å²) >= 11 is 0. The van der Waals surface area contributed by atoms with Gasteiger partial charge in [-0.2, -0.15) is 0 Å². The van der Waals surface area contributed by atoms with Gasteiger partial charge in [-0.25, -0.2) is 9.37 Å². The van der Waals surface area contributed by atoms with Crippen LogP contribution >= 0.6 is 0 Å². The van der Waals surface area contributed by atoms with Gasteiger partial charge in [0.1, 0.15) is 17.4 Å². The van der Waals surface area contributed by atoms with E-state index in [-0.39, 0.29) is 11.7 Å². The molecule has 0 aliphatic rings. The van der Waals surface area contributed by atoms with E-state index in [0.717, 1.165) is 11.3 Å². The fourth-order valence-corrected chi connectivity index (χ4v) is 2.35. The lowest BCUT2D eigenvalue weighted by Gasteiger charge is -2.09. The van der Waals surface area contributed by atoms with Crippen molar-refractivity contribution in [3.63, 3.8) is 0 Å². The average molecular weight is 351 g/mol. The van der Waals surface area contributed by atoms with Crippen LogP contribution in [0.4, 0.5) is 15.9 Å². The van der Waals surface area contributed by atoms with Crippen LogP contribution < -0.4 is 15.4 Å². The lowest BCUT2D eigenvalue weighted by Crippen LogP contribution is -2.22. The van der Waals surface area contributed by atoms with Crippen LogP contribution in [0.3, 0.4) is 0 Å². The Morgan fingerprint density at radius 2 is 1.81 bits per heavy atom. The smallest absolute Gasteiger partial charge is 0.251 e. The van der Waals surface area contributed by atoms with Crippen molar-refractivity contribution in [3.8, 4) is 5.75 Å². The van der Waals surface area contributed by atoms with Crippen LogP contribution in [-0.4, -0.2) is 18.0 Å². The topological polar surface area (TPSA) is 63.2 Å². The van der Waals surface area contributed by atoms with Gasteiger partial charge in [0.05, 0.1) is 7.11 Å². The molecule has 2 N–H and O–H groups in total. The summed E-state index contributed by atoms with van der Waals surface area (Å²) in [6.07, 6.45) is 1.55. The average Bonchev–Trinajstić information content (AvgIpc) is 2.68. The number of benzene rings is 2. The van der Waals surface area contributed by atoms with Gasteiger partial charge in [-0.05, 0) is 54.1 Å². The molecule has 0 saturated carbocycles. The Hall–Kier alpha value is -3.41. The number of nitrogens with one attached hydrogen (secondary N) is 2. The molecule has 5 nitrogen and oxygen atoms in total. The maximum Gasteiger partial charge on any atom is 0.251 e. The molecule has 6 heteroatoms. The van der Waals surface area contributed by atoms with Crippen LogP contribution in [0.1, 0.15) is 15.9 Å². The van der Waals surface area contributed by atoms with Crippen molar-refractivity contribution in [2.24, 2.45) is 0 Å². The molecule has 0 spiro atoms. The van der Waals surface area contributed by atoms with E-state index >= 15 is 0 Å². The van der Waals surface area contributed by atoms with Gasteiger partial charge < -0.3 is 15.4 Å². The van der Waals surface area contributed by atoms with E-state index < -0.39 is 0 Å². The van der Waals surface area contributed by atoms with E-state index in [2.05, 4.69) is 15.6 Å². The van der Waals surface area contributed by atoms with E-state index in [1.165, 1.54) is 12.1 Å². The van der Waals surface area contributed by atoms with Gasteiger partial charge in [-0.1, -0.05) is 12.1 Å². The van der Waals surface area contributed by atoms with Crippen molar-refractivity contribution < 1.29 is 13.9 Å². The summed E-state index contributed by atoms with van der Waals surface area (Å²) in [5, 5.41) is 5.91. The van der Waals surface area contributed by atoms with Gasteiger partial charge in [-0.3, -0.25) is 4.79 Å². The first-order valence-electron chi connectivity index (χ1n) is 8.04. The van der Waals surface area contributed by atoms with Gasteiger partial charge in [0.25, 0.3) is 5.91 Å². The number of pyridine rings is 1. The predicted octanol–water partition coefficient (Wildman–Crippen LogP) is 3.90. The van der Waals surface area contributed by atoms with Gasteiger partial charge in [0.15, 0.2) is 0 Å². The van der Waals surface area contributed by atoms with E-state index in [1.54, 1.807) is 37.6 Å². The highest BCUT2D eigenvalue weighted by atomic mass is 19.1. The summed E-state index contributed by atoms with van der Waals surface area (Å²) in [7, 11) is 1.61. The summed E-state index contributed by atoms with van der Waals surface area (Å²) < 4.78 is 18.1. The molecule has 3 rings (SSSR count). The molecule has 0 fully saturated rings. The van der Waals surface area contributed by atoms with Gasteiger partial charge in [0, 0.05) is 24.0 Å². The molecule has 0 radical (unpaired) electrons. The quantitative estimate of drug-likeness (QED) is 0.707. The maximum atomic E-state index is 13.0. The zero-order valence-electron chi connectivity index (χ0n) is 14.2. The van der Waals surface area contributed by atoms with Crippen molar-refractivity contribution in [1.82, 2.24) is 10.3 Å². The van der Waals surface area contributed by atoms with Crippen LogP contribution in [0.25, 0.3) is 0 Å². The fourth-order valence-electron chi connectivity index (χ4n) is 2.35. The van der Waals surface area contributed by atoms with Crippen molar-refractivity contribution in [3.05, 3.63) is 83.8 Å². The molecular formula is C20H18FN3O2. The molecule has 0 saturated heterocycles. The largest absolute Gasteiger partial charge is 0.497 e. The second-order valence-corrected chi connectivity index (χ2v) is 5.59. The second kappa shape index (κ2) is 8.11. The Bertz CT molecular complexity index is 880. The molecule has 0 atom stereocenters. The summed E-state index contributed by atoms with van der Waals surface area (Å²) in [6.45, 7) is 0.409. The fraction of sp³-hybridized carbons (Fsp3) is 0.100. The standard InChI is InChI=1S/C20H18FN3O2/c1-26-18-8-2-14(3-9-18)13-23-20(25)15-10-11-22-19(12-15)24-17-6-4-16(21)5-7-17/h2-12H,13H2,1H3,(H,22,24)(H,23,25). The summed E-state index contributed by atoms with van der Waals surface area (Å²) in [4.78, 5) is 16.5. The highest BCUT2D eigenvalue weighted by molar-refractivity contribution is 5.94. The lowest BCUT2D eigenvalue weighted by molar-refractivity contribution is 0.0951. The number of rotatable bonds is 6. The first kappa shape index (κ1) is 17.4. The van der Waals surface area contributed by atoms with E-state index in [9.17, 15) is 9.18 Å². The third-order valence-corrected chi connectivity index (χ3v) is 3.75. The van der Waals surface area contributed by atoms with Crippen molar-refractivity contribution in [1.29, 1.82) is 0 Å². The van der Waals surface area contributed by atoms with Gasteiger partial charge >= 0.3 is 0 Å². The lowest BCUT2D eigenvalue weighted by atomic mass is 10.2. The molecule has 3 aromatic rings. The Morgan fingerprint density at radius 1 is 1.08 bits per heavy atom. The van der Waals surface area contributed by atoms with Gasteiger partial charge in [-0.15, -0.1) is 0 Å². The molecule has 132 valence electrons. The summed E-state index contributed by atoms with van der Waals surface area (Å²) in [5.74, 6) is 0.764. The maximum absolute atomic E-state index is 13.0. The third kappa shape index (κ3) is 4.57. The molecular weight excluding hydrogens is 333 g/mol. The number of carbonyl (C=O) groups is 1. The normalized spacial score (nSPS) is 10.2. The number of hydrogen-bond donors (Lipinski definition) is 2. The Labute approximate surface area is 150 Å². The van der Waals surface area contributed by atoms with Crippen molar-refractivity contribution in [2.45, 2.75) is 6.54 Å². The SMILES string of the molecule is COc1ccc(CNC(=O)c2ccnc(Nc3ccc(F)cc3)c2)cc1. The number of aromatic nitrogens is 1. The molecule has 1 aromatic heterocycles. The molecule has 1 amide bonds. The minimum atomic E-state index is -0.310. The van der Waals surface area contributed by atoms with E-state index in [1.807, 2.05) is 24.3 Å². The Kier molecular flexibility index (Phi) is 5.43. The van der Waals surface area contributed by atoms with E-state index in [0.29, 0.717) is 23.6 Å². The zero-order valence-corrected chi connectivity index (χ0v) is 14.2. The molecule has 1 heterocycles. The number of anilines is 2. The second-order valence-electron chi connectivity index (χ2n) is 5.59. The van der Waals surface area contributed by atoms with Crippen LogP contribution in [0, 0.1) is 5.82 Å². The van der Waals surface area contributed by atoms with Crippen molar-refractivity contribution >= 4 is 17.4 Å². The molecule has 26 heavy (non-hydrogen) atoms. The van der Waals surface area contributed by atoms with Crippen LogP contribution in [0.2, 0.25) is 0 Å². The summed E-state index contributed by atoms with van der Waals surface area (Å²) in [6, 6.07) is 16.7. The molecule has 2 aromatic carbocycles. The van der Waals surface area contributed by atoms with Crippen LogP contribution in [-0.2, 0) is 6.54 Å². The molecule has 0 aliphatic carbocycles. The van der Waals surface area contributed by atoms with E-state index in [4.69, 9.17) is 4.74 Å². The monoisotopic (exact) mass is 351 g/mol. The van der Waals surface area contributed by atoms with Crippen molar-refractivity contribution in [2.75, 3.05) is 12.4 Å². The number of ether oxygens (including phenoxy) is 1. The van der Waals surface area contributed by atoms with Gasteiger partial charge in [0.2, 0.25) is 0 Å². The minimum absolute atomic E-state index is 0.203. The zero-order chi connectivity index (χ0) is 18.4. The first-order chi connectivity index (χ1) is 12.6. The number of nitrogens with zero attached hydrogens (tertiary/aromatic N) is 1. The molecule has 0 bridgehead atoms. The van der Waals surface area contributed by atoms with Crippen LogP contribution in [0.15, 0.2) is 66.9 Å². The predicted molar refractivity (Wildman–Crippen MR) is 98.1 cm³/mol. The highest BCUT2D eigenvalue weighted by Gasteiger charge is 2.07. The minimum Gasteiger partial charge on any atom is -0.497 e. The Balaban J connectivity index is 1.62.